The van der Waals surface area contributed by atoms with Gasteiger partial charge >= 0.3 is 0 Å². The fourth-order valence-electron chi connectivity index (χ4n) is 2.03. The highest BCUT2D eigenvalue weighted by Gasteiger charge is 2.29. The number of hydrogen-bond donors (Lipinski definition) is 2. The molecule has 2 rings (SSSR count). The van der Waals surface area contributed by atoms with Crippen LogP contribution < -0.4 is 11.1 Å². The zero-order valence-electron chi connectivity index (χ0n) is 11.0. The lowest BCUT2D eigenvalue weighted by Crippen LogP contribution is -2.57. The number of rotatable bonds is 3. The van der Waals surface area contributed by atoms with Crippen molar-refractivity contribution >= 4 is 46.1 Å². The Morgan fingerprint density at radius 1 is 1.33 bits per heavy atom. The van der Waals surface area contributed by atoms with Gasteiger partial charge in [0.1, 0.15) is 13.1 Å². The molecular formula is C13H15BrClN3O3. The molecule has 0 radical (unpaired) electrons. The van der Waals surface area contributed by atoms with Crippen LogP contribution >= 0.6 is 28.3 Å². The first-order valence-corrected chi connectivity index (χ1v) is 6.86. The number of nitrogens with zero attached hydrogens (tertiary/aromatic N) is 1. The molecule has 0 aliphatic carbocycles. The summed E-state index contributed by atoms with van der Waals surface area (Å²) in [5, 5.41) is 2.14. The van der Waals surface area contributed by atoms with E-state index in [2.05, 4.69) is 21.2 Å². The number of hydrogen-bond acceptors (Lipinski definition) is 4. The molecule has 3 amide bonds. The average molecular weight is 377 g/mol. The molecule has 1 aliphatic rings. The van der Waals surface area contributed by atoms with Crippen molar-refractivity contribution in [3.05, 3.63) is 34.3 Å². The molecule has 0 spiro atoms. The Morgan fingerprint density at radius 2 is 1.95 bits per heavy atom. The lowest BCUT2D eigenvalue weighted by Gasteiger charge is -2.27. The molecule has 21 heavy (non-hydrogen) atoms. The maximum absolute atomic E-state index is 12.1. The van der Waals surface area contributed by atoms with Crippen molar-refractivity contribution in [2.45, 2.75) is 12.5 Å². The Morgan fingerprint density at radius 3 is 2.52 bits per heavy atom. The topological polar surface area (TPSA) is 92.5 Å². The molecule has 1 atom stereocenters. The van der Waals surface area contributed by atoms with Crippen molar-refractivity contribution < 1.29 is 14.4 Å². The molecule has 1 heterocycles. The second-order valence-electron chi connectivity index (χ2n) is 4.61. The first-order valence-electron chi connectivity index (χ1n) is 6.07. The van der Waals surface area contributed by atoms with Gasteiger partial charge in [-0.2, -0.15) is 0 Å². The Labute approximate surface area is 136 Å². The van der Waals surface area contributed by atoms with Gasteiger partial charge in [-0.05, 0) is 24.1 Å². The van der Waals surface area contributed by atoms with Crippen LogP contribution in [0.5, 0.6) is 0 Å². The number of amides is 3. The Kier molecular flexibility index (Phi) is 6.32. The lowest BCUT2D eigenvalue weighted by atomic mass is 10.1. The number of carbonyl (C=O) groups is 3. The van der Waals surface area contributed by atoms with E-state index in [1.165, 1.54) is 4.90 Å². The normalized spacial score (nSPS) is 16.0. The third-order valence-corrected chi connectivity index (χ3v) is 3.41. The number of carbonyl (C=O) groups excluding carboxylic acids is 3. The van der Waals surface area contributed by atoms with Crippen LogP contribution in [0.3, 0.4) is 0 Å². The van der Waals surface area contributed by atoms with Crippen LogP contribution in [0.15, 0.2) is 28.7 Å². The van der Waals surface area contributed by atoms with Crippen LogP contribution in [-0.4, -0.2) is 41.8 Å². The number of imide groups is 1. The van der Waals surface area contributed by atoms with E-state index >= 15 is 0 Å². The largest absolute Gasteiger partial charge is 0.323 e. The van der Waals surface area contributed by atoms with Gasteiger partial charge in [0, 0.05) is 4.47 Å². The number of halogens is 2. The molecule has 1 fully saturated rings. The van der Waals surface area contributed by atoms with Crippen LogP contribution in [-0.2, 0) is 20.8 Å². The minimum atomic E-state index is -0.775. The molecule has 114 valence electrons. The highest BCUT2D eigenvalue weighted by molar-refractivity contribution is 9.10. The summed E-state index contributed by atoms with van der Waals surface area (Å²) in [5.74, 6) is -1.36. The van der Waals surface area contributed by atoms with Gasteiger partial charge in [0.15, 0.2) is 0 Å². The second-order valence-corrected chi connectivity index (χ2v) is 5.52. The minimum Gasteiger partial charge on any atom is -0.323 e. The van der Waals surface area contributed by atoms with Gasteiger partial charge in [0.05, 0.1) is 6.04 Å². The molecule has 0 bridgehead atoms. The molecule has 1 aliphatic heterocycles. The SMILES string of the molecule is Cl.NC(Cc1cccc(Br)c1)C(=O)N1CC(=O)NC(=O)C1. The standard InChI is InChI=1S/C13H14BrN3O3.ClH/c14-9-3-1-2-8(4-9)5-10(15)13(20)17-6-11(18)16-12(19)7-17;/h1-4,10H,5-7,15H2,(H,16,18,19);1H. The number of piperazine rings is 1. The van der Waals surface area contributed by atoms with Crippen molar-refractivity contribution in [2.24, 2.45) is 5.73 Å². The zero-order chi connectivity index (χ0) is 14.7. The summed E-state index contributed by atoms with van der Waals surface area (Å²) in [6, 6.07) is 6.70. The lowest BCUT2D eigenvalue weighted by molar-refractivity contribution is -0.146. The quantitative estimate of drug-likeness (QED) is 0.739. The van der Waals surface area contributed by atoms with Gasteiger partial charge in [0.25, 0.3) is 0 Å². The van der Waals surface area contributed by atoms with Crippen LogP contribution in [0.4, 0.5) is 0 Å². The molecule has 6 nitrogen and oxygen atoms in total. The summed E-state index contributed by atoms with van der Waals surface area (Å²) >= 11 is 3.35. The highest BCUT2D eigenvalue weighted by atomic mass is 79.9. The molecule has 0 saturated carbocycles. The van der Waals surface area contributed by atoms with Gasteiger partial charge in [0.2, 0.25) is 17.7 Å². The first kappa shape index (κ1) is 17.6. The van der Waals surface area contributed by atoms with E-state index in [1.807, 2.05) is 24.3 Å². The summed E-state index contributed by atoms with van der Waals surface area (Å²) in [6.45, 7) is -0.256. The summed E-state index contributed by atoms with van der Waals surface area (Å²) < 4.78 is 0.905. The summed E-state index contributed by atoms with van der Waals surface area (Å²) in [5.41, 5.74) is 6.78. The highest BCUT2D eigenvalue weighted by Crippen LogP contribution is 2.13. The first-order chi connectivity index (χ1) is 9.45. The Hall–Kier alpha value is -1.44. The number of benzene rings is 1. The van der Waals surface area contributed by atoms with E-state index in [-0.39, 0.29) is 25.5 Å². The third kappa shape index (κ3) is 4.80. The van der Waals surface area contributed by atoms with Crippen molar-refractivity contribution in [1.82, 2.24) is 10.2 Å². The molecular weight excluding hydrogens is 362 g/mol. The molecule has 1 unspecified atom stereocenters. The molecule has 1 saturated heterocycles. The Bertz CT molecular complexity index is 551. The van der Waals surface area contributed by atoms with Crippen molar-refractivity contribution in [1.29, 1.82) is 0 Å². The van der Waals surface area contributed by atoms with Gasteiger partial charge in [-0.1, -0.05) is 28.1 Å². The zero-order valence-corrected chi connectivity index (χ0v) is 13.4. The maximum Gasteiger partial charge on any atom is 0.246 e. The summed E-state index contributed by atoms with van der Waals surface area (Å²) in [7, 11) is 0. The van der Waals surface area contributed by atoms with E-state index in [4.69, 9.17) is 5.73 Å². The van der Waals surface area contributed by atoms with Gasteiger partial charge in [-0.15, -0.1) is 12.4 Å². The molecule has 1 aromatic rings. The smallest absolute Gasteiger partial charge is 0.246 e. The van der Waals surface area contributed by atoms with E-state index < -0.39 is 23.8 Å². The van der Waals surface area contributed by atoms with Gasteiger partial charge in [-0.3, -0.25) is 19.7 Å². The van der Waals surface area contributed by atoms with Crippen molar-refractivity contribution in [3.8, 4) is 0 Å². The minimum absolute atomic E-state index is 0. The molecule has 0 aromatic heterocycles. The average Bonchev–Trinajstić information content (AvgIpc) is 2.36. The fraction of sp³-hybridized carbons (Fsp3) is 0.308. The number of nitrogens with two attached hydrogens (primary N) is 1. The predicted molar refractivity (Wildman–Crippen MR) is 82.8 cm³/mol. The van der Waals surface area contributed by atoms with Crippen molar-refractivity contribution in [3.63, 3.8) is 0 Å². The molecule has 1 aromatic carbocycles. The van der Waals surface area contributed by atoms with Crippen LogP contribution in [0.25, 0.3) is 0 Å². The number of nitrogens with one attached hydrogen (secondary N) is 1. The second kappa shape index (κ2) is 7.53. The van der Waals surface area contributed by atoms with Crippen LogP contribution in [0.2, 0.25) is 0 Å². The third-order valence-electron chi connectivity index (χ3n) is 2.92. The summed E-state index contributed by atoms with van der Waals surface area (Å²) in [6.07, 6.45) is 0.352. The molecule has 8 heteroatoms. The Balaban J connectivity index is 0.00000220. The van der Waals surface area contributed by atoms with Crippen molar-refractivity contribution in [2.75, 3.05) is 13.1 Å². The van der Waals surface area contributed by atoms with E-state index in [9.17, 15) is 14.4 Å². The van der Waals surface area contributed by atoms with Crippen LogP contribution in [0, 0.1) is 0 Å². The molecule has 3 N–H and O–H groups in total. The van der Waals surface area contributed by atoms with Gasteiger partial charge < -0.3 is 10.6 Å². The maximum atomic E-state index is 12.1. The summed E-state index contributed by atoms with van der Waals surface area (Å²) in [4.78, 5) is 35.8. The van der Waals surface area contributed by atoms with E-state index in [0.717, 1.165) is 10.0 Å². The monoisotopic (exact) mass is 375 g/mol. The van der Waals surface area contributed by atoms with E-state index in [1.54, 1.807) is 0 Å². The predicted octanol–water partition coefficient (Wildman–Crippen LogP) is 0.226. The van der Waals surface area contributed by atoms with Gasteiger partial charge in [-0.25, -0.2) is 0 Å². The van der Waals surface area contributed by atoms with Crippen LogP contribution in [0.1, 0.15) is 5.56 Å². The van der Waals surface area contributed by atoms with E-state index in [0.29, 0.717) is 6.42 Å². The fourth-order valence-corrected chi connectivity index (χ4v) is 2.48.